The first-order valence-electron chi connectivity index (χ1n) is 16.7. The zero-order chi connectivity index (χ0) is 38.2. The van der Waals surface area contributed by atoms with Crippen molar-refractivity contribution < 1.29 is 58.9 Å². The Bertz CT molecular complexity index is 1730. The predicted molar refractivity (Wildman–Crippen MR) is 166 cm³/mol. The summed E-state index contributed by atoms with van der Waals surface area (Å²) >= 11 is 0. The van der Waals surface area contributed by atoms with Gasteiger partial charge in [-0.15, -0.1) is 5.10 Å². The number of alkyl halides is 9. The van der Waals surface area contributed by atoms with Crippen LogP contribution in [0.3, 0.4) is 0 Å². The number of aryl methyl sites for hydroxylation is 2. The van der Waals surface area contributed by atoms with Crippen LogP contribution in [-0.4, -0.2) is 43.4 Å². The first-order chi connectivity index (χ1) is 24.2. The quantitative estimate of drug-likeness (QED) is 0.189. The van der Waals surface area contributed by atoms with E-state index in [-0.39, 0.29) is 67.2 Å². The fourth-order valence-corrected chi connectivity index (χ4v) is 7.08. The molecule has 2 aliphatic rings. The Labute approximate surface area is 292 Å². The SMILES string of the molecule is Cc1cc2c(cc1C(F)(F)F)C(C(=O)OC1CCC(C(=O)O)CC1)CCCCC[C@@H]2N(Cc1cc(C(F)(F)F)cc(C(F)(F)F)c1)c1nnn(C)n1. The largest absolute Gasteiger partial charge is 0.481 e. The van der Waals surface area contributed by atoms with Crippen LogP contribution >= 0.6 is 0 Å². The molecular weight excluding hydrogens is 713 g/mol. The molecule has 284 valence electrons. The molecule has 1 N–H and O–H groups in total. The van der Waals surface area contributed by atoms with Crippen molar-refractivity contribution >= 4 is 17.9 Å². The van der Waals surface area contributed by atoms with E-state index in [0.717, 1.165) is 10.9 Å². The van der Waals surface area contributed by atoms with Gasteiger partial charge in [0, 0.05) is 6.54 Å². The number of carbonyl (C=O) groups excluding carboxylic acids is 1. The van der Waals surface area contributed by atoms with Crippen LogP contribution in [0, 0.1) is 12.8 Å². The van der Waals surface area contributed by atoms with Crippen LogP contribution in [0.2, 0.25) is 0 Å². The van der Waals surface area contributed by atoms with Crippen molar-refractivity contribution in [2.45, 2.75) is 108 Å². The van der Waals surface area contributed by atoms with Gasteiger partial charge in [-0.3, -0.25) is 9.59 Å². The van der Waals surface area contributed by atoms with Crippen LogP contribution in [0.15, 0.2) is 30.3 Å². The van der Waals surface area contributed by atoms with E-state index in [9.17, 15) is 54.2 Å². The monoisotopic (exact) mass is 749 g/mol. The number of carboxylic acid groups (broad SMARTS) is 1. The van der Waals surface area contributed by atoms with E-state index < -0.39 is 83.2 Å². The number of rotatable bonds is 7. The molecule has 0 bridgehead atoms. The standard InChI is InChI=1S/C34H36F9N5O4/c1-18-12-26-25(16-27(18)34(41,42)43)24(30(51)52-23-10-8-20(9-11-23)29(49)50)6-4-3-5-7-28(26)48(31-44-46-47(2)45-31)17-19-13-21(32(35,36)37)15-22(14-19)33(38,39)40/h12-16,20,23-24,28H,3-11,17H2,1-2H3,(H,49,50)/t20?,23?,24?,28-/m0/s1. The molecule has 1 unspecified atom stereocenters. The Morgan fingerprint density at radius 2 is 1.44 bits per heavy atom. The normalized spacial score (nSPS) is 21.8. The van der Waals surface area contributed by atoms with Crippen LogP contribution in [0.25, 0.3) is 0 Å². The average Bonchev–Trinajstić information content (AvgIpc) is 3.51. The highest BCUT2D eigenvalue weighted by atomic mass is 19.4. The molecule has 18 heteroatoms. The Morgan fingerprint density at radius 3 is 1.98 bits per heavy atom. The maximum Gasteiger partial charge on any atom is 0.416 e. The Hall–Kier alpha value is -4.38. The lowest BCUT2D eigenvalue weighted by atomic mass is 9.84. The first-order valence-corrected chi connectivity index (χ1v) is 16.7. The molecule has 1 fully saturated rings. The van der Waals surface area contributed by atoms with Crippen LogP contribution < -0.4 is 4.90 Å². The van der Waals surface area contributed by atoms with Crippen molar-refractivity contribution in [1.29, 1.82) is 0 Å². The minimum Gasteiger partial charge on any atom is -0.481 e. The maximum absolute atomic E-state index is 14.4. The minimum absolute atomic E-state index is 0.00391. The number of aliphatic carboxylic acids is 1. The Morgan fingerprint density at radius 1 is 0.827 bits per heavy atom. The molecule has 0 saturated heterocycles. The molecule has 3 aromatic rings. The summed E-state index contributed by atoms with van der Waals surface area (Å²) in [6, 6.07) is 2.19. The van der Waals surface area contributed by atoms with Crippen molar-refractivity contribution in [3.05, 3.63) is 69.3 Å². The lowest BCUT2D eigenvalue weighted by Gasteiger charge is -2.34. The number of esters is 1. The molecule has 0 spiro atoms. The van der Waals surface area contributed by atoms with Crippen molar-refractivity contribution in [1.82, 2.24) is 20.2 Å². The second-order valence-electron chi connectivity index (χ2n) is 13.4. The molecule has 1 heterocycles. The fraction of sp³-hybridized carbons (Fsp3) is 0.559. The predicted octanol–water partition coefficient (Wildman–Crippen LogP) is 8.56. The number of hydrogen-bond donors (Lipinski definition) is 1. The zero-order valence-electron chi connectivity index (χ0n) is 28.1. The second kappa shape index (κ2) is 14.9. The number of nitrogens with zero attached hydrogens (tertiary/aromatic N) is 5. The van der Waals surface area contributed by atoms with Crippen LogP contribution in [0.5, 0.6) is 0 Å². The summed E-state index contributed by atoms with van der Waals surface area (Å²) in [6.45, 7) is 0.582. The number of carbonyl (C=O) groups is 2. The van der Waals surface area contributed by atoms with Gasteiger partial charge in [0.05, 0.1) is 41.6 Å². The van der Waals surface area contributed by atoms with Crippen LogP contribution in [-0.2, 0) is 46.4 Å². The number of benzene rings is 2. The third-order valence-corrected chi connectivity index (χ3v) is 9.66. The van der Waals surface area contributed by atoms with Gasteiger partial charge in [-0.05, 0) is 97.2 Å². The third kappa shape index (κ3) is 8.97. The van der Waals surface area contributed by atoms with E-state index in [1.54, 1.807) is 0 Å². The summed E-state index contributed by atoms with van der Waals surface area (Å²) in [4.78, 5) is 27.6. The molecule has 2 atom stereocenters. The highest BCUT2D eigenvalue weighted by Crippen LogP contribution is 2.44. The van der Waals surface area contributed by atoms with Gasteiger partial charge in [0.25, 0.3) is 5.95 Å². The number of fused-ring (bicyclic) bond motifs is 1. The summed E-state index contributed by atoms with van der Waals surface area (Å²) in [7, 11) is 1.38. The number of tetrazole rings is 1. The smallest absolute Gasteiger partial charge is 0.416 e. The van der Waals surface area contributed by atoms with Gasteiger partial charge < -0.3 is 14.7 Å². The molecular formula is C34H36F9N5O4. The van der Waals surface area contributed by atoms with E-state index in [1.165, 1.54) is 24.9 Å². The van der Waals surface area contributed by atoms with Gasteiger partial charge in [0.2, 0.25) is 0 Å². The highest BCUT2D eigenvalue weighted by Gasteiger charge is 2.41. The number of halogens is 9. The number of carboxylic acids is 1. The van der Waals surface area contributed by atoms with E-state index >= 15 is 0 Å². The van der Waals surface area contributed by atoms with Crippen molar-refractivity contribution in [3.8, 4) is 0 Å². The van der Waals surface area contributed by atoms with E-state index in [2.05, 4.69) is 15.4 Å². The molecule has 5 rings (SSSR count). The molecule has 2 aromatic carbocycles. The Kier molecular flexibility index (Phi) is 11.2. The van der Waals surface area contributed by atoms with Gasteiger partial charge in [-0.1, -0.05) is 30.4 Å². The number of ether oxygens (including phenoxy) is 1. The van der Waals surface area contributed by atoms with E-state index in [4.69, 9.17) is 4.74 Å². The van der Waals surface area contributed by atoms with E-state index in [0.29, 0.717) is 31.4 Å². The van der Waals surface area contributed by atoms with Crippen molar-refractivity contribution in [3.63, 3.8) is 0 Å². The summed E-state index contributed by atoms with van der Waals surface area (Å²) < 4.78 is 132. The number of anilines is 1. The summed E-state index contributed by atoms with van der Waals surface area (Å²) in [5.74, 6) is -3.83. The highest BCUT2D eigenvalue weighted by molar-refractivity contribution is 5.79. The summed E-state index contributed by atoms with van der Waals surface area (Å²) in [6.07, 6.45) is -13.3. The molecule has 2 aliphatic carbocycles. The summed E-state index contributed by atoms with van der Waals surface area (Å²) in [5, 5.41) is 21.3. The van der Waals surface area contributed by atoms with Crippen molar-refractivity contribution in [2.24, 2.45) is 13.0 Å². The average molecular weight is 750 g/mol. The topological polar surface area (TPSA) is 110 Å². The van der Waals surface area contributed by atoms with E-state index in [1.807, 2.05) is 0 Å². The van der Waals surface area contributed by atoms with Gasteiger partial charge in [0.15, 0.2) is 0 Å². The molecule has 52 heavy (non-hydrogen) atoms. The molecule has 1 saturated carbocycles. The van der Waals surface area contributed by atoms with Crippen LogP contribution in [0.1, 0.15) is 109 Å². The molecule has 9 nitrogen and oxygen atoms in total. The summed E-state index contributed by atoms with van der Waals surface area (Å²) in [5.41, 5.74) is -4.65. The molecule has 0 aliphatic heterocycles. The van der Waals surface area contributed by atoms with Crippen LogP contribution in [0.4, 0.5) is 45.5 Å². The molecule has 0 radical (unpaired) electrons. The molecule has 1 aromatic heterocycles. The maximum atomic E-state index is 14.4. The third-order valence-electron chi connectivity index (χ3n) is 9.66. The lowest BCUT2D eigenvalue weighted by molar-refractivity contribution is -0.154. The number of aromatic nitrogens is 4. The minimum atomic E-state index is -5.14. The van der Waals surface area contributed by atoms with Gasteiger partial charge >= 0.3 is 30.5 Å². The van der Waals surface area contributed by atoms with Gasteiger partial charge in [0.1, 0.15) is 6.10 Å². The lowest BCUT2D eigenvalue weighted by Crippen LogP contribution is -2.32. The number of hydrogen-bond acceptors (Lipinski definition) is 7. The fourth-order valence-electron chi connectivity index (χ4n) is 7.08. The van der Waals surface area contributed by atoms with Gasteiger partial charge in [-0.25, -0.2) is 0 Å². The second-order valence-corrected chi connectivity index (χ2v) is 13.4. The zero-order valence-corrected chi connectivity index (χ0v) is 28.1. The molecule has 0 amide bonds. The van der Waals surface area contributed by atoms with Gasteiger partial charge in [-0.2, -0.15) is 44.3 Å². The first kappa shape index (κ1) is 38.8. The Balaban J connectivity index is 1.64. The van der Waals surface area contributed by atoms with Crippen molar-refractivity contribution in [2.75, 3.05) is 4.90 Å².